The van der Waals surface area contributed by atoms with E-state index in [9.17, 15) is 0 Å². The molecule has 3 nitrogen and oxygen atoms in total. The number of nitrogens with one attached hydrogen (secondary N) is 1. The smallest absolute Gasteiger partial charge is 0.213 e. The molecular weight excluding hydrogens is 244 g/mol. The predicted molar refractivity (Wildman–Crippen MR) is 75.0 cm³/mol. The fourth-order valence-corrected chi connectivity index (χ4v) is 2.64. The summed E-state index contributed by atoms with van der Waals surface area (Å²) in [5, 5.41) is 3.43. The number of hydrogen-bond acceptors (Lipinski definition) is 4. The van der Waals surface area contributed by atoms with Crippen LogP contribution in [-0.4, -0.2) is 12.1 Å². The van der Waals surface area contributed by atoms with Gasteiger partial charge in [-0.05, 0) is 30.2 Å². The maximum Gasteiger partial charge on any atom is 0.213 e. The predicted octanol–water partition coefficient (Wildman–Crippen LogP) is 3.00. The van der Waals surface area contributed by atoms with Crippen LogP contribution in [0.15, 0.2) is 30.5 Å². The molecule has 0 aliphatic carbocycles. The number of thiophene rings is 1. The van der Waals surface area contributed by atoms with Crippen LogP contribution < -0.4 is 10.1 Å². The van der Waals surface area contributed by atoms with Gasteiger partial charge in [-0.3, -0.25) is 0 Å². The highest BCUT2D eigenvalue weighted by molar-refractivity contribution is 7.11. The Morgan fingerprint density at radius 3 is 2.78 bits per heavy atom. The first-order valence-electron chi connectivity index (χ1n) is 6.09. The summed E-state index contributed by atoms with van der Waals surface area (Å²) < 4.78 is 5.10. The van der Waals surface area contributed by atoms with E-state index < -0.39 is 0 Å². The minimum atomic E-state index is 0.665. The molecule has 0 atom stereocenters. The van der Waals surface area contributed by atoms with Gasteiger partial charge in [0.25, 0.3) is 0 Å². The van der Waals surface area contributed by atoms with Crippen LogP contribution in [0.1, 0.15) is 22.2 Å². The molecule has 0 saturated carbocycles. The summed E-state index contributed by atoms with van der Waals surface area (Å²) in [6.07, 6.45) is 2.89. The van der Waals surface area contributed by atoms with Gasteiger partial charge in [0.1, 0.15) is 0 Å². The van der Waals surface area contributed by atoms with Gasteiger partial charge in [0, 0.05) is 35.1 Å². The van der Waals surface area contributed by atoms with Gasteiger partial charge in [-0.1, -0.05) is 6.92 Å². The lowest BCUT2D eigenvalue weighted by molar-refractivity contribution is 0.397. The molecule has 0 fully saturated rings. The Labute approximate surface area is 112 Å². The van der Waals surface area contributed by atoms with Gasteiger partial charge in [-0.25, -0.2) is 4.98 Å². The summed E-state index contributed by atoms with van der Waals surface area (Å²) in [6.45, 7) is 3.93. The van der Waals surface area contributed by atoms with Gasteiger partial charge in [0.05, 0.1) is 7.11 Å². The van der Waals surface area contributed by atoms with E-state index in [1.807, 2.05) is 23.5 Å². The summed E-state index contributed by atoms with van der Waals surface area (Å²) in [4.78, 5) is 6.91. The zero-order valence-corrected chi connectivity index (χ0v) is 11.6. The Morgan fingerprint density at radius 2 is 2.06 bits per heavy atom. The van der Waals surface area contributed by atoms with Crippen molar-refractivity contribution in [3.63, 3.8) is 0 Å². The molecule has 0 spiro atoms. The van der Waals surface area contributed by atoms with Crippen LogP contribution >= 0.6 is 11.3 Å². The molecule has 0 aliphatic heterocycles. The largest absolute Gasteiger partial charge is 0.481 e. The number of pyridine rings is 1. The lowest BCUT2D eigenvalue weighted by Crippen LogP contribution is -2.11. The molecule has 18 heavy (non-hydrogen) atoms. The molecule has 2 aromatic rings. The van der Waals surface area contributed by atoms with Crippen molar-refractivity contribution in [2.24, 2.45) is 0 Å². The highest BCUT2D eigenvalue weighted by Crippen LogP contribution is 2.16. The van der Waals surface area contributed by atoms with Crippen molar-refractivity contribution < 1.29 is 4.74 Å². The van der Waals surface area contributed by atoms with Gasteiger partial charge in [-0.15, -0.1) is 11.3 Å². The summed E-state index contributed by atoms with van der Waals surface area (Å²) in [5.74, 6) is 0.665. The van der Waals surface area contributed by atoms with Crippen molar-refractivity contribution >= 4 is 11.3 Å². The van der Waals surface area contributed by atoms with Crippen molar-refractivity contribution in [3.05, 3.63) is 45.8 Å². The van der Waals surface area contributed by atoms with E-state index in [0.717, 1.165) is 19.5 Å². The Kier molecular flexibility index (Phi) is 4.73. The molecule has 2 heterocycles. The van der Waals surface area contributed by atoms with E-state index in [2.05, 4.69) is 29.4 Å². The Balaban J connectivity index is 1.84. The Hall–Kier alpha value is -1.39. The first-order chi connectivity index (χ1) is 8.81. The molecule has 0 aromatic carbocycles. The number of nitrogens with zero attached hydrogens (tertiary/aromatic N) is 1. The number of ether oxygens (including phenoxy) is 1. The summed E-state index contributed by atoms with van der Waals surface area (Å²) in [6, 6.07) is 8.36. The molecule has 0 amide bonds. The van der Waals surface area contributed by atoms with E-state index >= 15 is 0 Å². The van der Waals surface area contributed by atoms with E-state index in [1.54, 1.807) is 13.3 Å². The molecule has 0 aliphatic rings. The number of hydrogen-bond donors (Lipinski definition) is 1. The van der Waals surface area contributed by atoms with Crippen molar-refractivity contribution in [1.29, 1.82) is 0 Å². The number of methoxy groups -OCH3 is 1. The van der Waals surface area contributed by atoms with Crippen molar-refractivity contribution in [1.82, 2.24) is 10.3 Å². The van der Waals surface area contributed by atoms with Crippen LogP contribution in [0.3, 0.4) is 0 Å². The van der Waals surface area contributed by atoms with Gasteiger partial charge >= 0.3 is 0 Å². The third-order valence-corrected chi connectivity index (χ3v) is 3.93. The Morgan fingerprint density at radius 1 is 1.22 bits per heavy atom. The minimum Gasteiger partial charge on any atom is -0.481 e. The third-order valence-electron chi connectivity index (χ3n) is 2.70. The fourth-order valence-electron chi connectivity index (χ4n) is 1.71. The zero-order valence-electron chi connectivity index (χ0n) is 10.8. The van der Waals surface area contributed by atoms with Crippen molar-refractivity contribution in [2.75, 3.05) is 7.11 Å². The summed E-state index contributed by atoms with van der Waals surface area (Å²) in [7, 11) is 1.64. The molecular formula is C14H18N2OS. The van der Waals surface area contributed by atoms with E-state index in [1.165, 1.54) is 15.3 Å². The topological polar surface area (TPSA) is 34.2 Å². The SMILES string of the molecule is CCc1ccc(CNCc2ccnc(OC)c2)s1. The minimum absolute atomic E-state index is 0.665. The van der Waals surface area contributed by atoms with Crippen LogP contribution in [0.25, 0.3) is 0 Å². The maximum absolute atomic E-state index is 5.10. The first-order valence-corrected chi connectivity index (χ1v) is 6.90. The van der Waals surface area contributed by atoms with Crippen LogP contribution in [-0.2, 0) is 19.5 Å². The quantitative estimate of drug-likeness (QED) is 0.869. The van der Waals surface area contributed by atoms with E-state index in [0.29, 0.717) is 5.88 Å². The second-order valence-corrected chi connectivity index (χ2v) is 5.28. The maximum atomic E-state index is 5.10. The monoisotopic (exact) mass is 262 g/mol. The van der Waals surface area contributed by atoms with Crippen molar-refractivity contribution in [2.45, 2.75) is 26.4 Å². The average Bonchev–Trinajstić information content (AvgIpc) is 2.87. The molecule has 0 radical (unpaired) electrons. The van der Waals surface area contributed by atoms with Gasteiger partial charge in [0.15, 0.2) is 0 Å². The molecule has 0 saturated heterocycles. The summed E-state index contributed by atoms with van der Waals surface area (Å²) in [5.41, 5.74) is 1.19. The van der Waals surface area contributed by atoms with Crippen LogP contribution in [0.2, 0.25) is 0 Å². The zero-order chi connectivity index (χ0) is 12.8. The fraction of sp³-hybridized carbons (Fsp3) is 0.357. The molecule has 1 N–H and O–H groups in total. The molecule has 0 unspecified atom stereocenters. The number of rotatable bonds is 6. The van der Waals surface area contributed by atoms with Gasteiger partial charge < -0.3 is 10.1 Å². The van der Waals surface area contributed by atoms with Crippen LogP contribution in [0, 0.1) is 0 Å². The first kappa shape index (κ1) is 13.1. The second-order valence-electron chi connectivity index (χ2n) is 4.03. The van der Waals surface area contributed by atoms with Gasteiger partial charge in [-0.2, -0.15) is 0 Å². The van der Waals surface area contributed by atoms with Gasteiger partial charge in [0.2, 0.25) is 5.88 Å². The lowest BCUT2D eigenvalue weighted by Gasteiger charge is -2.05. The lowest BCUT2D eigenvalue weighted by atomic mass is 10.2. The number of aryl methyl sites for hydroxylation is 1. The number of aromatic nitrogens is 1. The molecule has 0 bridgehead atoms. The van der Waals surface area contributed by atoms with E-state index in [4.69, 9.17) is 4.74 Å². The Bertz CT molecular complexity index is 496. The molecule has 2 aromatic heterocycles. The normalized spacial score (nSPS) is 10.6. The molecule has 2 rings (SSSR count). The third kappa shape index (κ3) is 3.55. The standard InChI is InChI=1S/C14H18N2OS/c1-3-12-4-5-13(18-12)10-15-9-11-6-7-16-14(8-11)17-2/h4-8,15H,3,9-10H2,1-2H3. The summed E-state index contributed by atoms with van der Waals surface area (Å²) >= 11 is 1.88. The average molecular weight is 262 g/mol. The molecule has 96 valence electrons. The molecule has 4 heteroatoms. The van der Waals surface area contributed by atoms with Crippen LogP contribution in [0.4, 0.5) is 0 Å². The van der Waals surface area contributed by atoms with E-state index in [-0.39, 0.29) is 0 Å². The van der Waals surface area contributed by atoms with Crippen molar-refractivity contribution in [3.8, 4) is 5.88 Å². The second kappa shape index (κ2) is 6.52. The van der Waals surface area contributed by atoms with Crippen LogP contribution in [0.5, 0.6) is 5.88 Å². The highest BCUT2D eigenvalue weighted by Gasteiger charge is 2.00. The highest BCUT2D eigenvalue weighted by atomic mass is 32.1.